The molecule has 1 heterocycles. The largest absolute Gasteiger partial charge is 0.494 e. The normalized spacial score (nSPS) is 17.1. The summed E-state index contributed by atoms with van der Waals surface area (Å²) in [4.78, 5) is 2.24. The molecular weight excluding hydrogens is 364 g/mol. The van der Waals surface area contributed by atoms with Crippen molar-refractivity contribution < 1.29 is 17.9 Å². The summed E-state index contributed by atoms with van der Waals surface area (Å²) in [6.07, 6.45) is 1.70. The summed E-state index contributed by atoms with van der Waals surface area (Å²) in [5.41, 5.74) is 1.65. The third-order valence-electron chi connectivity index (χ3n) is 4.55. The van der Waals surface area contributed by atoms with E-state index in [0.29, 0.717) is 18.7 Å². The molecule has 0 saturated carbocycles. The van der Waals surface area contributed by atoms with Gasteiger partial charge in [0.2, 0.25) is 10.0 Å². The van der Waals surface area contributed by atoms with E-state index in [4.69, 9.17) is 9.47 Å². The zero-order valence-corrected chi connectivity index (χ0v) is 16.3. The summed E-state index contributed by atoms with van der Waals surface area (Å²) < 4.78 is 38.0. The Morgan fingerprint density at radius 3 is 2.52 bits per heavy atom. The molecule has 0 aliphatic carbocycles. The molecule has 0 aromatic heterocycles. The van der Waals surface area contributed by atoms with E-state index in [9.17, 15) is 8.42 Å². The maximum Gasteiger partial charge on any atom is 0.232 e. The Hall–Kier alpha value is -2.25. The average molecular weight is 391 g/mol. The molecule has 27 heavy (non-hydrogen) atoms. The lowest BCUT2D eigenvalue weighted by Gasteiger charge is -2.18. The molecule has 0 bridgehead atoms. The number of hydrogen-bond acceptors (Lipinski definition) is 5. The molecule has 1 unspecified atom stereocenters. The first-order valence-electron chi connectivity index (χ1n) is 9.12. The number of rotatable bonds is 9. The van der Waals surface area contributed by atoms with Gasteiger partial charge in [0.25, 0.3) is 0 Å². The highest BCUT2D eigenvalue weighted by Gasteiger charge is 2.22. The van der Waals surface area contributed by atoms with Crippen molar-refractivity contribution in [3.05, 3.63) is 54.6 Å². The molecule has 2 aromatic rings. The van der Waals surface area contributed by atoms with E-state index in [-0.39, 0.29) is 11.9 Å². The van der Waals surface area contributed by atoms with Crippen LogP contribution in [0.5, 0.6) is 5.75 Å². The van der Waals surface area contributed by atoms with E-state index in [1.165, 1.54) is 0 Å². The Morgan fingerprint density at radius 1 is 1.11 bits per heavy atom. The van der Waals surface area contributed by atoms with Crippen molar-refractivity contribution in [2.45, 2.75) is 18.9 Å². The van der Waals surface area contributed by atoms with Gasteiger partial charge in [0.15, 0.2) is 0 Å². The van der Waals surface area contributed by atoms with Crippen LogP contribution in [0.15, 0.2) is 54.6 Å². The Balaban J connectivity index is 1.46. The number of nitrogens with one attached hydrogen (secondary N) is 1. The number of hydrogen-bond donors (Lipinski definition) is 1. The fraction of sp³-hybridized carbons (Fsp3) is 0.400. The SMILES string of the molecule is COC1CCN(c2ccc(NS(=O)(=O)CCCOc3ccccc3)cc2)C1. The molecule has 2 aromatic carbocycles. The third-order valence-corrected chi connectivity index (χ3v) is 5.93. The predicted molar refractivity (Wildman–Crippen MR) is 108 cm³/mol. The van der Waals surface area contributed by atoms with Gasteiger partial charge < -0.3 is 14.4 Å². The standard InChI is InChI=1S/C20H26N2O4S/c1-25-20-12-13-22(16-20)18-10-8-17(9-11-18)21-27(23,24)15-5-14-26-19-6-3-2-4-7-19/h2-4,6-11,20-21H,5,12-16H2,1H3. The molecular formula is C20H26N2O4S. The molecule has 7 heteroatoms. The number of ether oxygens (including phenoxy) is 2. The Kier molecular flexibility index (Phi) is 6.58. The van der Waals surface area contributed by atoms with E-state index in [2.05, 4.69) is 9.62 Å². The summed E-state index contributed by atoms with van der Waals surface area (Å²) in [7, 11) is -1.66. The van der Waals surface area contributed by atoms with Gasteiger partial charge >= 0.3 is 0 Å². The lowest BCUT2D eigenvalue weighted by atomic mass is 10.2. The van der Waals surface area contributed by atoms with E-state index in [1.54, 1.807) is 19.2 Å². The summed E-state index contributed by atoms with van der Waals surface area (Å²) in [6.45, 7) is 2.17. The van der Waals surface area contributed by atoms with E-state index >= 15 is 0 Å². The van der Waals surface area contributed by atoms with E-state index in [1.807, 2.05) is 42.5 Å². The molecule has 1 aliphatic rings. The van der Waals surface area contributed by atoms with Crippen LogP contribution < -0.4 is 14.4 Å². The smallest absolute Gasteiger partial charge is 0.232 e. The van der Waals surface area contributed by atoms with Gasteiger partial charge in [-0.25, -0.2) is 8.42 Å². The fourth-order valence-electron chi connectivity index (χ4n) is 3.08. The Morgan fingerprint density at radius 2 is 1.85 bits per heavy atom. The molecule has 1 atom stereocenters. The average Bonchev–Trinajstić information content (AvgIpc) is 3.16. The van der Waals surface area contributed by atoms with Crippen molar-refractivity contribution in [2.75, 3.05) is 42.2 Å². The molecule has 6 nitrogen and oxygen atoms in total. The maximum atomic E-state index is 12.2. The number of benzene rings is 2. The Bertz CT molecular complexity index is 810. The number of para-hydroxylation sites is 1. The van der Waals surface area contributed by atoms with Crippen LogP contribution in [0.4, 0.5) is 11.4 Å². The molecule has 0 radical (unpaired) electrons. The van der Waals surface area contributed by atoms with Crippen molar-refractivity contribution in [3.63, 3.8) is 0 Å². The van der Waals surface area contributed by atoms with E-state index < -0.39 is 10.0 Å². The fourth-order valence-corrected chi connectivity index (χ4v) is 4.18. The summed E-state index contributed by atoms with van der Waals surface area (Å²) >= 11 is 0. The monoisotopic (exact) mass is 390 g/mol. The summed E-state index contributed by atoms with van der Waals surface area (Å²) in [5, 5.41) is 0. The van der Waals surface area contributed by atoms with Crippen LogP contribution in [0.25, 0.3) is 0 Å². The summed E-state index contributed by atoms with van der Waals surface area (Å²) in [6, 6.07) is 16.9. The first-order chi connectivity index (χ1) is 13.1. The lowest BCUT2D eigenvalue weighted by molar-refractivity contribution is 0.121. The molecule has 0 spiro atoms. The predicted octanol–water partition coefficient (Wildman–Crippen LogP) is 3.12. The van der Waals surface area contributed by atoms with Gasteiger partial charge in [-0.2, -0.15) is 0 Å². The zero-order valence-electron chi connectivity index (χ0n) is 15.5. The number of nitrogens with zero attached hydrogens (tertiary/aromatic N) is 1. The molecule has 1 aliphatic heterocycles. The van der Waals surface area contributed by atoms with Gasteiger partial charge in [-0.3, -0.25) is 4.72 Å². The van der Waals surface area contributed by atoms with Crippen molar-refractivity contribution >= 4 is 21.4 Å². The molecule has 146 valence electrons. The van der Waals surface area contributed by atoms with Crippen LogP contribution in [0, 0.1) is 0 Å². The molecule has 1 saturated heterocycles. The highest BCUT2D eigenvalue weighted by atomic mass is 32.2. The number of sulfonamides is 1. The highest BCUT2D eigenvalue weighted by molar-refractivity contribution is 7.92. The Labute approximate surface area is 161 Å². The van der Waals surface area contributed by atoms with Gasteiger partial charge in [0, 0.05) is 31.6 Å². The zero-order chi connectivity index (χ0) is 19.1. The topological polar surface area (TPSA) is 67.9 Å². The van der Waals surface area contributed by atoms with E-state index in [0.717, 1.165) is 30.9 Å². The van der Waals surface area contributed by atoms with Crippen LogP contribution in [-0.4, -0.2) is 47.1 Å². The lowest BCUT2D eigenvalue weighted by Crippen LogP contribution is -2.22. The molecule has 0 amide bonds. The van der Waals surface area contributed by atoms with Gasteiger partial charge in [0.05, 0.1) is 18.5 Å². The first kappa shape index (κ1) is 19.5. The second-order valence-corrected chi connectivity index (χ2v) is 8.42. The molecule has 1 fully saturated rings. The van der Waals surface area contributed by atoms with Crippen LogP contribution in [-0.2, 0) is 14.8 Å². The highest BCUT2D eigenvalue weighted by Crippen LogP contribution is 2.23. The van der Waals surface area contributed by atoms with Gasteiger partial charge in [-0.15, -0.1) is 0 Å². The van der Waals surface area contributed by atoms with Crippen LogP contribution >= 0.6 is 0 Å². The molecule has 3 rings (SSSR count). The second-order valence-electron chi connectivity index (χ2n) is 6.58. The van der Waals surface area contributed by atoms with Gasteiger partial charge in [0.1, 0.15) is 5.75 Å². The van der Waals surface area contributed by atoms with Gasteiger partial charge in [-0.1, -0.05) is 18.2 Å². The minimum atomic E-state index is -3.40. The van der Waals surface area contributed by atoms with Crippen molar-refractivity contribution in [1.82, 2.24) is 0 Å². The van der Waals surface area contributed by atoms with Crippen molar-refractivity contribution in [3.8, 4) is 5.75 Å². The maximum absolute atomic E-state index is 12.2. The number of anilines is 2. The number of methoxy groups -OCH3 is 1. The van der Waals surface area contributed by atoms with Gasteiger partial charge in [-0.05, 0) is 49.2 Å². The first-order valence-corrected chi connectivity index (χ1v) is 10.8. The van der Waals surface area contributed by atoms with Crippen LogP contribution in [0.2, 0.25) is 0 Å². The van der Waals surface area contributed by atoms with Crippen molar-refractivity contribution in [1.29, 1.82) is 0 Å². The van der Waals surface area contributed by atoms with Crippen LogP contribution in [0.1, 0.15) is 12.8 Å². The third kappa shape index (κ3) is 5.87. The second kappa shape index (κ2) is 9.10. The minimum Gasteiger partial charge on any atom is -0.494 e. The summed E-state index contributed by atoms with van der Waals surface area (Å²) in [5.74, 6) is 0.763. The quantitative estimate of drug-likeness (QED) is 0.667. The van der Waals surface area contributed by atoms with Crippen LogP contribution in [0.3, 0.4) is 0 Å². The van der Waals surface area contributed by atoms with Crippen molar-refractivity contribution in [2.24, 2.45) is 0 Å². The minimum absolute atomic E-state index is 0.0171. The molecule has 1 N–H and O–H groups in total.